The molecule has 3 aromatic heterocycles. The minimum atomic E-state index is -0.342. The minimum absolute atomic E-state index is 0.320. The summed E-state index contributed by atoms with van der Waals surface area (Å²) in [4.78, 5) is 19.3. The van der Waals surface area contributed by atoms with Gasteiger partial charge >= 0.3 is 0 Å². The number of anilines is 2. The number of fused-ring (bicyclic) bond motifs is 1. The van der Waals surface area contributed by atoms with E-state index in [1.807, 2.05) is 62.5 Å². The summed E-state index contributed by atoms with van der Waals surface area (Å²) in [6.45, 7) is 12.6. The lowest BCUT2D eigenvalue weighted by atomic mass is 10.1. The summed E-state index contributed by atoms with van der Waals surface area (Å²) in [7, 11) is 0. The maximum atomic E-state index is 13.6. The number of aliphatic imine (C=N–C) groups is 1. The largest absolute Gasteiger partial charge is 0.391 e. The Morgan fingerprint density at radius 1 is 1.19 bits per heavy atom. The Labute approximate surface area is 255 Å². The van der Waals surface area contributed by atoms with Gasteiger partial charge in [-0.2, -0.15) is 10.4 Å². The second kappa shape index (κ2) is 12.9. The molecule has 11 heteroatoms. The third-order valence-electron chi connectivity index (χ3n) is 7.25. The molecule has 4 aromatic rings. The number of rotatable bonds is 8. The van der Waals surface area contributed by atoms with Crippen LogP contribution in [-0.4, -0.2) is 61.3 Å². The van der Waals surface area contributed by atoms with Crippen LogP contribution in [0.1, 0.15) is 51.6 Å². The molecular weight excluding hydrogens is 563 g/mol. The van der Waals surface area contributed by atoms with E-state index < -0.39 is 0 Å². The number of amidine groups is 1. The zero-order chi connectivity index (χ0) is 30.7. The molecule has 1 fully saturated rings. The molecular formula is C32H35FN8OS. The summed E-state index contributed by atoms with van der Waals surface area (Å²) in [6, 6.07) is 12.2. The fraction of sp³-hybridized carbons (Fsp3) is 0.344. The van der Waals surface area contributed by atoms with Gasteiger partial charge < -0.3 is 14.9 Å². The van der Waals surface area contributed by atoms with Crippen molar-refractivity contribution >= 4 is 44.7 Å². The number of likely N-dealkylation sites (tertiary alicyclic amines) is 1. The second-order valence-electron chi connectivity index (χ2n) is 10.6. The third-order valence-corrected chi connectivity index (χ3v) is 8.23. The fourth-order valence-corrected chi connectivity index (χ4v) is 6.04. The van der Waals surface area contributed by atoms with Crippen LogP contribution in [-0.2, 0) is 6.54 Å². The van der Waals surface area contributed by atoms with Gasteiger partial charge in [0.2, 0.25) is 0 Å². The summed E-state index contributed by atoms with van der Waals surface area (Å²) in [5, 5.41) is 25.3. The second-order valence-corrected chi connectivity index (χ2v) is 11.6. The van der Waals surface area contributed by atoms with Crippen LogP contribution in [0.25, 0.3) is 27.9 Å². The van der Waals surface area contributed by atoms with Crippen molar-refractivity contribution in [3.8, 4) is 17.3 Å². The average molecular weight is 599 g/mol. The van der Waals surface area contributed by atoms with Crippen LogP contribution in [0.3, 0.4) is 0 Å². The number of nitrogens with zero attached hydrogens (tertiary/aromatic N) is 8. The lowest BCUT2D eigenvalue weighted by Gasteiger charge is -2.20. The molecule has 0 spiro atoms. The molecule has 1 N–H and O–H groups in total. The van der Waals surface area contributed by atoms with Gasteiger partial charge in [-0.05, 0) is 77.4 Å². The Balaban J connectivity index is 1.60. The lowest BCUT2D eigenvalue weighted by molar-refractivity contribution is 0.188. The Morgan fingerprint density at radius 2 is 1.95 bits per heavy atom. The van der Waals surface area contributed by atoms with Crippen molar-refractivity contribution in [1.82, 2.24) is 24.6 Å². The van der Waals surface area contributed by atoms with Crippen LogP contribution in [0, 0.1) is 17.1 Å². The zero-order valence-corrected chi connectivity index (χ0v) is 25.9. The SMILES string of the molecule is CCN(c1nc(-c2ccc(F)cc2)c(C#N)s1)c1c2nc(/C(C=C(C)C)=C/N=C(C)N3CC[C@@H](O)C3)ccc2nn1CC. The predicted octanol–water partition coefficient (Wildman–Crippen LogP) is 6.54. The highest BCUT2D eigenvalue weighted by Crippen LogP contribution is 2.38. The van der Waals surface area contributed by atoms with Crippen LogP contribution in [0.5, 0.6) is 0 Å². The number of halogens is 1. The molecule has 0 aliphatic carbocycles. The molecule has 0 radical (unpaired) electrons. The van der Waals surface area contributed by atoms with Crippen molar-refractivity contribution in [3.63, 3.8) is 0 Å². The molecule has 0 unspecified atom stereocenters. The zero-order valence-electron chi connectivity index (χ0n) is 25.0. The quantitative estimate of drug-likeness (QED) is 0.140. The Hall–Kier alpha value is -4.40. The van der Waals surface area contributed by atoms with E-state index in [4.69, 9.17) is 20.1 Å². The number of hydrogen-bond donors (Lipinski definition) is 1. The number of hydrogen-bond acceptors (Lipinski definition) is 8. The van der Waals surface area contributed by atoms with Gasteiger partial charge in [0.05, 0.1) is 11.8 Å². The average Bonchev–Trinajstić information content (AvgIpc) is 3.72. The first-order valence-corrected chi connectivity index (χ1v) is 15.2. The summed E-state index contributed by atoms with van der Waals surface area (Å²) >= 11 is 1.29. The number of benzene rings is 1. The summed E-state index contributed by atoms with van der Waals surface area (Å²) < 4.78 is 15.5. The number of pyridine rings is 1. The normalized spacial score (nSPS) is 15.7. The van der Waals surface area contributed by atoms with E-state index in [1.165, 1.54) is 23.5 Å². The maximum absolute atomic E-state index is 13.6. The number of β-amino-alcohol motifs (C(OH)–C–C–N with tert-alkyl or cyclic N) is 1. The van der Waals surface area contributed by atoms with E-state index in [0.29, 0.717) is 40.9 Å². The van der Waals surface area contributed by atoms with Gasteiger partial charge in [-0.1, -0.05) is 23.0 Å². The number of thiazole rings is 1. The fourth-order valence-electron chi connectivity index (χ4n) is 5.09. The van der Waals surface area contributed by atoms with E-state index >= 15 is 0 Å². The molecule has 0 saturated carbocycles. The van der Waals surface area contributed by atoms with Crippen LogP contribution in [0.4, 0.5) is 15.3 Å². The molecule has 9 nitrogen and oxygen atoms in total. The first-order valence-electron chi connectivity index (χ1n) is 14.4. The molecule has 4 heterocycles. The molecule has 1 saturated heterocycles. The third kappa shape index (κ3) is 6.35. The summed E-state index contributed by atoms with van der Waals surface area (Å²) in [5.74, 6) is 1.29. The number of allylic oxidation sites excluding steroid dienone is 3. The molecule has 43 heavy (non-hydrogen) atoms. The van der Waals surface area contributed by atoms with Crippen molar-refractivity contribution < 1.29 is 9.50 Å². The Kier molecular flexibility index (Phi) is 8.99. The van der Waals surface area contributed by atoms with Crippen molar-refractivity contribution in [2.45, 2.75) is 53.7 Å². The maximum Gasteiger partial charge on any atom is 0.192 e. The molecule has 1 aromatic carbocycles. The van der Waals surface area contributed by atoms with Crippen molar-refractivity contribution in [1.29, 1.82) is 5.26 Å². The van der Waals surface area contributed by atoms with E-state index in [-0.39, 0.29) is 11.9 Å². The topological polar surface area (TPSA) is 106 Å². The van der Waals surface area contributed by atoms with Gasteiger partial charge in [0.15, 0.2) is 10.9 Å². The van der Waals surface area contributed by atoms with Gasteiger partial charge in [0.25, 0.3) is 0 Å². The van der Waals surface area contributed by atoms with Crippen LogP contribution in [0.15, 0.2) is 59.2 Å². The van der Waals surface area contributed by atoms with Crippen molar-refractivity contribution in [2.24, 2.45) is 4.99 Å². The highest BCUT2D eigenvalue weighted by Gasteiger charge is 2.25. The Bertz CT molecular complexity index is 1760. The van der Waals surface area contributed by atoms with Gasteiger partial charge in [0, 0.05) is 43.5 Å². The summed E-state index contributed by atoms with van der Waals surface area (Å²) in [6.07, 6.45) is 4.31. The van der Waals surface area contributed by atoms with Crippen LogP contribution in [0.2, 0.25) is 0 Å². The van der Waals surface area contributed by atoms with Crippen molar-refractivity contribution in [3.05, 3.63) is 70.6 Å². The molecule has 0 amide bonds. The molecule has 1 aliphatic heterocycles. The minimum Gasteiger partial charge on any atom is -0.391 e. The first kappa shape index (κ1) is 30.1. The van der Waals surface area contributed by atoms with Crippen molar-refractivity contribution in [2.75, 3.05) is 24.5 Å². The first-order chi connectivity index (χ1) is 20.7. The highest BCUT2D eigenvalue weighted by molar-refractivity contribution is 7.16. The standard InChI is InChI=1S/C32H35FN8OS/c1-6-40(32-37-29(28(17-34)43-32)22-8-10-24(33)11-9-22)31-30-27(38-41(31)7-2)13-12-26(36-30)23(16-20(3)4)18-35-21(5)39-15-14-25(42)19-39/h8-13,16,18,25,42H,6-7,14-15,19H2,1-5H3/b23-18+,35-21?/t25-/m1/s1. The van der Waals surface area contributed by atoms with Gasteiger partial charge in [-0.25, -0.2) is 24.0 Å². The highest BCUT2D eigenvalue weighted by atomic mass is 32.1. The number of aliphatic hydroxyl groups is 1. The Morgan fingerprint density at radius 3 is 2.58 bits per heavy atom. The predicted molar refractivity (Wildman–Crippen MR) is 171 cm³/mol. The van der Waals surface area contributed by atoms with Gasteiger partial charge in [-0.3, -0.25) is 0 Å². The van der Waals surface area contributed by atoms with E-state index in [0.717, 1.165) is 52.5 Å². The summed E-state index contributed by atoms with van der Waals surface area (Å²) in [5.41, 5.74) is 5.39. The number of nitriles is 1. The number of aryl methyl sites for hydroxylation is 1. The van der Waals surface area contributed by atoms with E-state index in [2.05, 4.69) is 17.0 Å². The number of aliphatic hydroxyl groups excluding tert-OH is 1. The van der Waals surface area contributed by atoms with Crippen LogP contribution < -0.4 is 4.90 Å². The van der Waals surface area contributed by atoms with Gasteiger partial charge in [-0.15, -0.1) is 0 Å². The molecule has 1 atom stereocenters. The van der Waals surface area contributed by atoms with Gasteiger partial charge in [0.1, 0.15) is 39.3 Å². The molecule has 5 rings (SSSR count). The molecule has 222 valence electrons. The monoisotopic (exact) mass is 598 g/mol. The molecule has 1 aliphatic rings. The number of aromatic nitrogens is 4. The van der Waals surface area contributed by atoms with Crippen LogP contribution >= 0.6 is 11.3 Å². The van der Waals surface area contributed by atoms with E-state index in [1.54, 1.807) is 12.1 Å². The smallest absolute Gasteiger partial charge is 0.192 e. The van der Waals surface area contributed by atoms with E-state index in [9.17, 15) is 14.8 Å². The molecule has 0 bridgehead atoms. The lowest BCUT2D eigenvalue weighted by Crippen LogP contribution is -2.27.